The first-order valence-corrected chi connectivity index (χ1v) is 10.1. The van der Waals surface area contributed by atoms with E-state index in [4.69, 9.17) is 4.74 Å². The van der Waals surface area contributed by atoms with E-state index in [2.05, 4.69) is 21.8 Å². The molecule has 1 N–H and O–H groups in total. The maximum Gasteiger partial charge on any atom is 0.254 e. The molecular weight excluding hydrogens is 362 g/mol. The predicted molar refractivity (Wildman–Crippen MR) is 115 cm³/mol. The van der Waals surface area contributed by atoms with E-state index in [1.54, 1.807) is 17.0 Å². The van der Waals surface area contributed by atoms with E-state index in [1.807, 2.05) is 51.1 Å². The molecule has 1 fully saturated rings. The van der Waals surface area contributed by atoms with Crippen molar-refractivity contribution in [3.63, 3.8) is 0 Å². The number of aryl methyl sites for hydroxylation is 1. The summed E-state index contributed by atoms with van der Waals surface area (Å²) in [6, 6.07) is 11.5. The summed E-state index contributed by atoms with van der Waals surface area (Å²) in [7, 11) is 0. The largest absolute Gasteiger partial charge is 0.485 e. The van der Waals surface area contributed by atoms with Gasteiger partial charge in [-0.05, 0) is 43.5 Å². The fraction of sp³-hybridized carbons (Fsp3) is 0.333. The van der Waals surface area contributed by atoms with E-state index in [0.717, 1.165) is 22.6 Å². The third-order valence-corrected chi connectivity index (χ3v) is 4.53. The highest BCUT2D eigenvalue weighted by molar-refractivity contribution is 5.37. The third kappa shape index (κ3) is 5.86. The molecule has 5 nitrogen and oxygen atoms in total. The molecule has 4 rings (SSSR count). The van der Waals surface area contributed by atoms with Crippen molar-refractivity contribution >= 4 is 0 Å². The molecule has 0 unspecified atom stereocenters. The second kappa shape index (κ2) is 9.79. The number of benzene rings is 1. The van der Waals surface area contributed by atoms with Gasteiger partial charge in [-0.1, -0.05) is 37.8 Å². The van der Waals surface area contributed by atoms with Crippen LogP contribution in [0.2, 0.25) is 0 Å². The number of hydrogen-bond acceptors (Lipinski definition) is 3. The molecule has 2 heterocycles. The Hall–Kier alpha value is -3.26. The quantitative estimate of drug-likeness (QED) is 0.662. The predicted octanol–water partition coefficient (Wildman–Crippen LogP) is 4.29. The lowest BCUT2D eigenvalue weighted by molar-refractivity contribution is 0.295. The maximum atomic E-state index is 12.5. The van der Waals surface area contributed by atoms with Crippen molar-refractivity contribution in [2.45, 2.75) is 46.8 Å². The molecule has 0 bridgehead atoms. The highest BCUT2D eigenvalue weighted by atomic mass is 16.5. The number of H-pyrrole nitrogens is 1. The average Bonchev–Trinajstić information content (AvgIpc) is 3.42. The minimum absolute atomic E-state index is 0.0814. The number of nitrogens with zero attached hydrogens (tertiary/aromatic N) is 2. The van der Waals surface area contributed by atoms with Crippen LogP contribution in [0.25, 0.3) is 0 Å². The lowest BCUT2D eigenvalue weighted by Gasteiger charge is -2.12. The van der Waals surface area contributed by atoms with E-state index in [0.29, 0.717) is 24.8 Å². The summed E-state index contributed by atoms with van der Waals surface area (Å²) in [5.74, 6) is 8.35. The van der Waals surface area contributed by atoms with Gasteiger partial charge in [0, 0.05) is 35.6 Å². The lowest BCUT2D eigenvalue weighted by atomic mass is 10.1. The van der Waals surface area contributed by atoms with Gasteiger partial charge < -0.3 is 14.3 Å². The van der Waals surface area contributed by atoms with Crippen LogP contribution in [-0.2, 0) is 13.2 Å². The minimum Gasteiger partial charge on any atom is -0.485 e. The highest BCUT2D eigenvalue weighted by Gasteiger charge is 2.17. The standard InChI is InChI=1S/C22H21N3O2.C2H6/c1-16-12-20(27-15-21-23-10-11-24-21)13-22(26)25(16)14-19-8-6-18(7-9-19)5-4-17-2-3-17;1-2/h6-13,17H,2-3,14-15H2,1H3,(H,23,24);1-2H3. The fourth-order valence-electron chi connectivity index (χ4n) is 2.80. The van der Waals surface area contributed by atoms with Gasteiger partial charge in [0.1, 0.15) is 18.2 Å². The number of pyridine rings is 1. The summed E-state index contributed by atoms with van der Waals surface area (Å²) in [6.45, 7) is 6.75. The van der Waals surface area contributed by atoms with Crippen molar-refractivity contribution < 1.29 is 4.74 Å². The van der Waals surface area contributed by atoms with Crippen molar-refractivity contribution in [2.75, 3.05) is 0 Å². The van der Waals surface area contributed by atoms with E-state index >= 15 is 0 Å². The average molecular weight is 389 g/mol. The number of hydrogen-bond donors (Lipinski definition) is 1. The van der Waals surface area contributed by atoms with Crippen molar-refractivity contribution in [1.82, 2.24) is 14.5 Å². The van der Waals surface area contributed by atoms with Crippen LogP contribution < -0.4 is 10.3 Å². The Morgan fingerprint density at radius 2 is 1.97 bits per heavy atom. The Kier molecular flexibility index (Phi) is 6.91. The first-order chi connectivity index (χ1) is 14.2. The van der Waals surface area contributed by atoms with Gasteiger partial charge in [-0.2, -0.15) is 0 Å². The van der Waals surface area contributed by atoms with Gasteiger partial charge in [0.15, 0.2) is 0 Å². The van der Waals surface area contributed by atoms with Gasteiger partial charge in [-0.25, -0.2) is 4.98 Å². The van der Waals surface area contributed by atoms with Crippen LogP contribution in [0.5, 0.6) is 5.75 Å². The molecule has 3 aromatic rings. The summed E-state index contributed by atoms with van der Waals surface area (Å²) in [4.78, 5) is 19.6. The minimum atomic E-state index is -0.0814. The molecular formula is C24H27N3O2. The van der Waals surface area contributed by atoms with Crippen LogP contribution >= 0.6 is 0 Å². The van der Waals surface area contributed by atoms with E-state index in [9.17, 15) is 4.79 Å². The molecule has 5 heteroatoms. The van der Waals surface area contributed by atoms with Gasteiger partial charge in [-0.15, -0.1) is 0 Å². The highest BCUT2D eigenvalue weighted by Crippen LogP contribution is 2.27. The van der Waals surface area contributed by atoms with Gasteiger partial charge in [0.25, 0.3) is 5.56 Å². The Morgan fingerprint density at radius 3 is 2.59 bits per heavy atom. The number of aromatic nitrogens is 3. The zero-order valence-electron chi connectivity index (χ0n) is 17.2. The first-order valence-electron chi connectivity index (χ1n) is 10.1. The summed E-state index contributed by atoms with van der Waals surface area (Å²) in [5, 5.41) is 0. The second-order valence-electron chi connectivity index (χ2n) is 6.82. The second-order valence-corrected chi connectivity index (χ2v) is 6.82. The molecule has 0 saturated heterocycles. The monoisotopic (exact) mass is 389 g/mol. The Bertz CT molecular complexity index is 1030. The van der Waals surface area contributed by atoms with E-state index in [1.165, 1.54) is 18.9 Å². The van der Waals surface area contributed by atoms with Crippen LogP contribution in [0.1, 0.15) is 49.3 Å². The molecule has 1 saturated carbocycles. The van der Waals surface area contributed by atoms with Crippen LogP contribution in [0, 0.1) is 24.7 Å². The molecule has 1 aromatic carbocycles. The summed E-state index contributed by atoms with van der Waals surface area (Å²) >= 11 is 0. The zero-order valence-corrected chi connectivity index (χ0v) is 17.2. The number of imidazole rings is 1. The van der Waals surface area contributed by atoms with Gasteiger partial charge in [0.05, 0.1) is 6.54 Å². The zero-order chi connectivity index (χ0) is 20.6. The molecule has 0 amide bonds. The van der Waals surface area contributed by atoms with Gasteiger partial charge in [0.2, 0.25) is 0 Å². The SMILES string of the molecule is CC.Cc1cc(OCc2ncc[nH]2)cc(=O)n1Cc1ccc(C#CC2CC2)cc1. The molecule has 0 spiro atoms. The molecule has 0 atom stereocenters. The maximum absolute atomic E-state index is 12.5. The Balaban J connectivity index is 0.00000117. The van der Waals surface area contributed by atoms with Crippen molar-refractivity contribution in [2.24, 2.45) is 5.92 Å². The molecule has 0 radical (unpaired) electrons. The van der Waals surface area contributed by atoms with Gasteiger partial charge in [-0.3, -0.25) is 4.79 Å². The molecule has 0 aliphatic heterocycles. The number of ether oxygens (including phenoxy) is 1. The topological polar surface area (TPSA) is 59.9 Å². The smallest absolute Gasteiger partial charge is 0.254 e. The van der Waals surface area contributed by atoms with Crippen LogP contribution in [-0.4, -0.2) is 14.5 Å². The Labute approximate surface area is 171 Å². The fourth-order valence-corrected chi connectivity index (χ4v) is 2.80. The Morgan fingerprint density at radius 1 is 1.21 bits per heavy atom. The van der Waals surface area contributed by atoms with Crippen molar-refractivity contribution in [3.8, 4) is 17.6 Å². The number of rotatable bonds is 5. The van der Waals surface area contributed by atoms with Crippen LogP contribution in [0.4, 0.5) is 0 Å². The lowest BCUT2D eigenvalue weighted by Crippen LogP contribution is -2.22. The third-order valence-electron chi connectivity index (χ3n) is 4.53. The molecule has 1 aliphatic rings. The first kappa shape index (κ1) is 20.5. The number of nitrogens with one attached hydrogen (secondary N) is 1. The van der Waals surface area contributed by atoms with E-state index < -0.39 is 0 Å². The molecule has 150 valence electrons. The molecule has 2 aromatic heterocycles. The van der Waals surface area contributed by atoms with Crippen molar-refractivity contribution in [3.05, 3.63) is 81.8 Å². The normalized spacial score (nSPS) is 12.4. The summed E-state index contributed by atoms with van der Waals surface area (Å²) in [5.41, 5.74) is 2.87. The summed E-state index contributed by atoms with van der Waals surface area (Å²) < 4.78 is 7.40. The van der Waals surface area contributed by atoms with Gasteiger partial charge >= 0.3 is 0 Å². The molecule has 29 heavy (non-hydrogen) atoms. The van der Waals surface area contributed by atoms with Crippen LogP contribution in [0.3, 0.4) is 0 Å². The number of aromatic amines is 1. The van der Waals surface area contributed by atoms with Crippen LogP contribution in [0.15, 0.2) is 53.6 Å². The van der Waals surface area contributed by atoms with E-state index in [-0.39, 0.29) is 5.56 Å². The summed E-state index contributed by atoms with van der Waals surface area (Å²) in [6.07, 6.45) is 5.87. The molecule has 1 aliphatic carbocycles. The van der Waals surface area contributed by atoms with Crippen molar-refractivity contribution in [1.29, 1.82) is 0 Å².